The van der Waals surface area contributed by atoms with Crippen LogP contribution in [-0.2, 0) is 10.0 Å². The highest BCUT2D eigenvalue weighted by molar-refractivity contribution is 7.92. The molecule has 3 rings (SSSR count). The van der Waals surface area contributed by atoms with Crippen LogP contribution in [0.15, 0.2) is 77.7 Å². The Kier molecular flexibility index (Phi) is 8.34. The maximum absolute atomic E-state index is 13.3. The van der Waals surface area contributed by atoms with Crippen LogP contribution in [0.4, 0.5) is 11.4 Å². The summed E-state index contributed by atoms with van der Waals surface area (Å²) in [4.78, 5) is 14.8. The van der Waals surface area contributed by atoms with E-state index in [0.717, 1.165) is 4.31 Å². The summed E-state index contributed by atoms with van der Waals surface area (Å²) < 4.78 is 38.3. The average molecular weight is 494 g/mol. The number of para-hydroxylation sites is 2. The second kappa shape index (κ2) is 11.4. The Labute approximate surface area is 206 Å². The van der Waals surface area contributed by atoms with E-state index in [4.69, 9.17) is 14.7 Å². The lowest BCUT2D eigenvalue weighted by atomic mass is 10.1. The minimum Gasteiger partial charge on any atom is -0.495 e. The Balaban J connectivity index is 1.87. The van der Waals surface area contributed by atoms with Crippen molar-refractivity contribution in [3.05, 3.63) is 78.4 Å². The number of ether oxygens (including phenoxy) is 2. The molecule has 0 bridgehead atoms. The first-order valence-corrected chi connectivity index (χ1v) is 12.4. The Morgan fingerprint density at radius 3 is 2.26 bits per heavy atom. The molecule has 3 aromatic rings. The molecule has 0 unspecified atom stereocenters. The normalized spacial score (nSPS) is 10.8. The van der Waals surface area contributed by atoms with E-state index in [0.29, 0.717) is 35.0 Å². The van der Waals surface area contributed by atoms with E-state index in [-0.39, 0.29) is 23.8 Å². The fourth-order valence-corrected chi connectivity index (χ4v) is 4.71. The molecule has 0 aromatic heterocycles. The molecule has 0 aliphatic rings. The van der Waals surface area contributed by atoms with E-state index in [1.165, 1.54) is 43.3 Å². The average Bonchev–Trinajstić information content (AvgIpc) is 2.89. The third-order valence-corrected chi connectivity index (χ3v) is 7.12. The number of hydrogen-bond acceptors (Lipinski definition) is 6. The van der Waals surface area contributed by atoms with Gasteiger partial charge >= 0.3 is 0 Å². The number of benzene rings is 3. The molecule has 0 saturated heterocycles. The zero-order chi connectivity index (χ0) is 25.4. The molecule has 9 heteroatoms. The summed E-state index contributed by atoms with van der Waals surface area (Å²) >= 11 is 0. The molecular formula is C26H27N3O5S. The van der Waals surface area contributed by atoms with Gasteiger partial charge in [0.25, 0.3) is 15.9 Å². The maximum Gasteiger partial charge on any atom is 0.264 e. The summed E-state index contributed by atoms with van der Waals surface area (Å²) in [5.41, 5.74) is 1.31. The number of nitriles is 1. The highest BCUT2D eigenvalue weighted by atomic mass is 32.2. The van der Waals surface area contributed by atoms with Crippen LogP contribution in [0.5, 0.6) is 11.5 Å². The zero-order valence-corrected chi connectivity index (χ0v) is 20.7. The summed E-state index contributed by atoms with van der Waals surface area (Å²) in [6.45, 7) is 2.60. The summed E-state index contributed by atoms with van der Waals surface area (Å²) in [5.74, 6) is 0.762. The number of carbonyl (C=O) groups excluding carboxylic acids is 1. The topological polar surface area (TPSA) is 99.9 Å². The van der Waals surface area contributed by atoms with E-state index in [1.807, 2.05) is 6.92 Å². The molecule has 182 valence electrons. The van der Waals surface area contributed by atoms with Gasteiger partial charge < -0.3 is 14.4 Å². The van der Waals surface area contributed by atoms with Gasteiger partial charge in [-0.25, -0.2) is 8.42 Å². The van der Waals surface area contributed by atoms with E-state index >= 15 is 0 Å². The van der Waals surface area contributed by atoms with Crippen molar-refractivity contribution in [2.45, 2.75) is 18.2 Å². The number of rotatable bonds is 10. The van der Waals surface area contributed by atoms with Crippen molar-refractivity contribution in [1.82, 2.24) is 0 Å². The molecular weight excluding hydrogens is 466 g/mol. The molecule has 3 aromatic carbocycles. The van der Waals surface area contributed by atoms with Crippen molar-refractivity contribution in [2.24, 2.45) is 0 Å². The van der Waals surface area contributed by atoms with Crippen LogP contribution in [0.1, 0.15) is 23.7 Å². The van der Waals surface area contributed by atoms with Gasteiger partial charge in [0.1, 0.15) is 11.5 Å². The molecule has 0 saturated carbocycles. The number of methoxy groups -OCH3 is 1. The Bertz CT molecular complexity index is 1300. The van der Waals surface area contributed by atoms with Crippen molar-refractivity contribution < 1.29 is 22.7 Å². The molecule has 0 aliphatic heterocycles. The minimum atomic E-state index is -3.89. The molecule has 1 amide bonds. The summed E-state index contributed by atoms with van der Waals surface area (Å²) in [6, 6.07) is 21.6. The first-order valence-electron chi connectivity index (χ1n) is 11.0. The van der Waals surface area contributed by atoms with E-state index in [2.05, 4.69) is 6.07 Å². The quantitative estimate of drug-likeness (QED) is 0.413. The Morgan fingerprint density at radius 1 is 1.00 bits per heavy atom. The van der Waals surface area contributed by atoms with Gasteiger partial charge in [-0.05, 0) is 67.6 Å². The van der Waals surface area contributed by atoms with Gasteiger partial charge in [-0.1, -0.05) is 12.1 Å². The fraction of sp³-hybridized carbons (Fsp3) is 0.231. The number of nitrogens with zero attached hydrogens (tertiary/aromatic N) is 3. The third kappa shape index (κ3) is 5.73. The molecule has 0 aliphatic carbocycles. The fourth-order valence-electron chi connectivity index (χ4n) is 3.50. The number of carbonyl (C=O) groups is 1. The number of anilines is 2. The van der Waals surface area contributed by atoms with E-state index < -0.39 is 10.0 Å². The molecule has 0 N–H and O–H groups in total. The SMILES string of the molecule is CCOc1ccc(N(CCC#N)C(=O)c2ccc(S(=O)(=O)N(C)c3ccccc3OC)cc2)cc1. The molecule has 0 radical (unpaired) electrons. The highest BCUT2D eigenvalue weighted by Gasteiger charge is 2.25. The van der Waals surface area contributed by atoms with Gasteiger partial charge in [-0.15, -0.1) is 0 Å². The maximum atomic E-state index is 13.3. The van der Waals surface area contributed by atoms with Crippen molar-refractivity contribution in [1.29, 1.82) is 5.26 Å². The standard InChI is InChI=1S/C26H27N3O5S/c1-4-34-22-14-12-21(13-15-22)29(19-7-18-27)26(30)20-10-16-23(17-11-20)35(31,32)28(2)24-8-5-6-9-25(24)33-3/h5-6,8-17H,4,7,19H2,1-3H3. The smallest absolute Gasteiger partial charge is 0.264 e. The first-order chi connectivity index (χ1) is 16.8. The van der Waals surface area contributed by atoms with E-state index in [1.54, 1.807) is 48.5 Å². The lowest BCUT2D eigenvalue weighted by Crippen LogP contribution is -2.32. The van der Waals surface area contributed by atoms with Crippen LogP contribution in [0.25, 0.3) is 0 Å². The van der Waals surface area contributed by atoms with Crippen molar-refractivity contribution in [3.63, 3.8) is 0 Å². The predicted octanol–water partition coefficient (Wildman–Crippen LogP) is 4.48. The second-order valence-corrected chi connectivity index (χ2v) is 9.43. The number of sulfonamides is 1. The van der Waals surface area contributed by atoms with Crippen molar-refractivity contribution in [2.75, 3.05) is 36.5 Å². The number of amides is 1. The van der Waals surface area contributed by atoms with Crippen LogP contribution in [0.2, 0.25) is 0 Å². The Morgan fingerprint density at radius 2 is 1.66 bits per heavy atom. The van der Waals surface area contributed by atoms with Gasteiger partial charge in [-0.3, -0.25) is 9.10 Å². The summed E-state index contributed by atoms with van der Waals surface area (Å²) in [5, 5.41) is 9.05. The van der Waals surface area contributed by atoms with Crippen LogP contribution in [0, 0.1) is 11.3 Å². The second-order valence-electron chi connectivity index (χ2n) is 7.46. The van der Waals surface area contributed by atoms with Gasteiger partial charge in [-0.2, -0.15) is 5.26 Å². The lowest BCUT2D eigenvalue weighted by molar-refractivity contribution is 0.0987. The highest BCUT2D eigenvalue weighted by Crippen LogP contribution is 2.31. The monoisotopic (exact) mass is 493 g/mol. The molecule has 8 nitrogen and oxygen atoms in total. The molecule has 0 atom stereocenters. The van der Waals surface area contributed by atoms with Gasteiger partial charge in [0, 0.05) is 24.8 Å². The van der Waals surface area contributed by atoms with Crippen LogP contribution < -0.4 is 18.7 Å². The summed E-state index contributed by atoms with van der Waals surface area (Å²) in [6.07, 6.45) is 0.148. The molecule has 0 heterocycles. The number of hydrogen-bond donors (Lipinski definition) is 0. The van der Waals surface area contributed by atoms with Crippen LogP contribution in [-0.4, -0.2) is 41.6 Å². The van der Waals surface area contributed by atoms with Crippen LogP contribution in [0.3, 0.4) is 0 Å². The molecule has 0 spiro atoms. The van der Waals surface area contributed by atoms with Crippen LogP contribution >= 0.6 is 0 Å². The zero-order valence-electron chi connectivity index (χ0n) is 19.8. The van der Waals surface area contributed by atoms with Gasteiger partial charge in [0.15, 0.2) is 0 Å². The van der Waals surface area contributed by atoms with Crippen molar-refractivity contribution >= 4 is 27.3 Å². The van der Waals surface area contributed by atoms with E-state index in [9.17, 15) is 13.2 Å². The minimum absolute atomic E-state index is 0.0344. The lowest BCUT2D eigenvalue weighted by Gasteiger charge is -2.23. The van der Waals surface area contributed by atoms with Gasteiger partial charge in [0.05, 0.1) is 36.8 Å². The van der Waals surface area contributed by atoms with Crippen molar-refractivity contribution in [3.8, 4) is 17.6 Å². The van der Waals surface area contributed by atoms with Gasteiger partial charge in [0.2, 0.25) is 0 Å². The Hall–Kier alpha value is -4.03. The largest absolute Gasteiger partial charge is 0.495 e. The molecule has 35 heavy (non-hydrogen) atoms. The predicted molar refractivity (Wildman–Crippen MR) is 135 cm³/mol. The molecule has 0 fully saturated rings. The summed E-state index contributed by atoms with van der Waals surface area (Å²) in [7, 11) is -0.972. The first kappa shape index (κ1) is 25.6. The third-order valence-electron chi connectivity index (χ3n) is 5.34.